The van der Waals surface area contributed by atoms with Crippen LogP contribution in [0.1, 0.15) is 31.2 Å². The monoisotopic (exact) mass is 364 g/mol. The van der Waals surface area contributed by atoms with Crippen LogP contribution < -0.4 is 10.6 Å². The number of carbonyl (C=O) groups is 1. The van der Waals surface area contributed by atoms with Crippen LogP contribution in [0.5, 0.6) is 0 Å². The van der Waals surface area contributed by atoms with Crippen molar-refractivity contribution in [3.8, 4) is 0 Å². The van der Waals surface area contributed by atoms with Crippen molar-refractivity contribution < 1.29 is 13.6 Å². The maximum absolute atomic E-state index is 13.8. The largest absolute Gasteiger partial charge is 0.353 e. The van der Waals surface area contributed by atoms with Crippen LogP contribution in [-0.4, -0.2) is 43.4 Å². The molecule has 2 N–H and O–H groups in total. The normalized spacial score (nSPS) is 24.6. The van der Waals surface area contributed by atoms with E-state index in [-0.39, 0.29) is 24.6 Å². The molecule has 0 saturated heterocycles. The van der Waals surface area contributed by atoms with E-state index in [1.165, 1.54) is 24.2 Å². The van der Waals surface area contributed by atoms with E-state index in [1.807, 2.05) is 0 Å². The molecule has 2 aliphatic carbocycles. The molecule has 0 aromatic heterocycles. The number of amides is 1. The molecule has 1 amide bonds. The molecule has 1 aromatic carbocycles. The third kappa shape index (κ3) is 4.51. The molecular formula is C19H26F2N4O. The van der Waals surface area contributed by atoms with E-state index in [0.29, 0.717) is 17.9 Å². The molecule has 3 atom stereocenters. The second-order valence-corrected chi connectivity index (χ2v) is 7.47. The molecule has 1 aromatic rings. The van der Waals surface area contributed by atoms with Gasteiger partial charge in [0.25, 0.3) is 0 Å². The molecular weight excluding hydrogens is 338 g/mol. The van der Waals surface area contributed by atoms with Crippen molar-refractivity contribution in [2.24, 2.45) is 16.8 Å². The van der Waals surface area contributed by atoms with Gasteiger partial charge in [-0.05, 0) is 49.3 Å². The van der Waals surface area contributed by atoms with E-state index in [0.717, 1.165) is 30.5 Å². The number of benzene rings is 1. The molecule has 3 rings (SSSR count). The molecule has 2 aliphatic rings. The van der Waals surface area contributed by atoms with E-state index in [2.05, 4.69) is 15.6 Å². The van der Waals surface area contributed by atoms with Crippen LogP contribution in [0.25, 0.3) is 0 Å². The second kappa shape index (κ2) is 8.01. The average molecular weight is 364 g/mol. The lowest BCUT2D eigenvalue weighted by atomic mass is 9.95. The number of nitrogens with zero attached hydrogens (tertiary/aromatic N) is 2. The minimum absolute atomic E-state index is 0.00982. The quantitative estimate of drug-likeness (QED) is 0.623. The number of halogens is 2. The zero-order valence-corrected chi connectivity index (χ0v) is 15.3. The van der Waals surface area contributed by atoms with Crippen molar-refractivity contribution in [1.82, 2.24) is 15.5 Å². The van der Waals surface area contributed by atoms with E-state index in [1.54, 1.807) is 14.1 Å². The zero-order chi connectivity index (χ0) is 18.7. The maximum Gasteiger partial charge on any atom is 0.241 e. The summed E-state index contributed by atoms with van der Waals surface area (Å²) in [5.41, 5.74) is 0.193. The van der Waals surface area contributed by atoms with Crippen molar-refractivity contribution in [3.05, 3.63) is 35.4 Å². The molecule has 7 heteroatoms. The minimum atomic E-state index is -0.491. The number of hydrogen-bond acceptors (Lipinski definition) is 2. The number of rotatable bonds is 5. The predicted octanol–water partition coefficient (Wildman–Crippen LogP) is 2.28. The summed E-state index contributed by atoms with van der Waals surface area (Å²) in [6, 6.07) is 3.67. The van der Waals surface area contributed by atoms with Gasteiger partial charge < -0.3 is 15.5 Å². The van der Waals surface area contributed by atoms with Crippen molar-refractivity contribution in [3.63, 3.8) is 0 Å². The fraction of sp³-hybridized carbons (Fsp3) is 0.579. The van der Waals surface area contributed by atoms with E-state index in [4.69, 9.17) is 0 Å². The van der Waals surface area contributed by atoms with Crippen LogP contribution in [-0.2, 0) is 11.3 Å². The molecule has 142 valence electrons. The first-order chi connectivity index (χ1) is 12.4. The number of guanidine groups is 1. The van der Waals surface area contributed by atoms with Crippen LogP contribution in [0, 0.1) is 23.5 Å². The summed E-state index contributed by atoms with van der Waals surface area (Å²) < 4.78 is 27.2. The van der Waals surface area contributed by atoms with Crippen LogP contribution in [0.2, 0.25) is 0 Å². The van der Waals surface area contributed by atoms with Gasteiger partial charge in [-0.1, -0.05) is 6.42 Å². The van der Waals surface area contributed by atoms with Gasteiger partial charge in [0, 0.05) is 25.7 Å². The number of aliphatic imine (C=N–C) groups is 1. The lowest BCUT2D eigenvalue weighted by Crippen LogP contribution is -2.48. The van der Waals surface area contributed by atoms with E-state index < -0.39 is 11.6 Å². The van der Waals surface area contributed by atoms with Gasteiger partial charge >= 0.3 is 0 Å². The highest BCUT2D eigenvalue weighted by Gasteiger charge is 2.39. The van der Waals surface area contributed by atoms with Crippen LogP contribution in [0.4, 0.5) is 8.78 Å². The van der Waals surface area contributed by atoms with E-state index in [9.17, 15) is 13.6 Å². The Morgan fingerprint density at radius 2 is 2.08 bits per heavy atom. The van der Waals surface area contributed by atoms with Gasteiger partial charge in [-0.25, -0.2) is 13.8 Å². The van der Waals surface area contributed by atoms with Gasteiger partial charge in [-0.15, -0.1) is 0 Å². The lowest BCUT2D eigenvalue weighted by Gasteiger charge is -2.25. The summed E-state index contributed by atoms with van der Waals surface area (Å²) in [6.45, 7) is 0.112. The van der Waals surface area contributed by atoms with Crippen molar-refractivity contribution in [2.75, 3.05) is 20.6 Å². The second-order valence-electron chi connectivity index (χ2n) is 7.47. The Kier molecular flexibility index (Phi) is 5.74. The molecule has 0 radical (unpaired) electrons. The Hall–Kier alpha value is -2.18. The van der Waals surface area contributed by atoms with E-state index >= 15 is 0 Å². The van der Waals surface area contributed by atoms with Crippen LogP contribution in [0.3, 0.4) is 0 Å². The fourth-order valence-electron chi connectivity index (χ4n) is 3.90. The average Bonchev–Trinajstić information content (AvgIpc) is 3.22. The van der Waals surface area contributed by atoms with Gasteiger partial charge in [-0.2, -0.15) is 0 Å². The molecule has 3 unspecified atom stereocenters. The standard InChI is InChI=1S/C19H26F2N4O/c1-25(2)18(26)11-23-19(24-17-8-12-3-4-13(17)7-12)22-10-14-9-15(20)5-6-16(14)21/h5-6,9,12-13,17H,3-4,7-8,10-11H2,1-2H3,(H2,22,23,24). The number of likely N-dealkylation sites (N-methyl/N-ethyl adjacent to an activating group) is 1. The first-order valence-corrected chi connectivity index (χ1v) is 9.11. The van der Waals surface area contributed by atoms with Gasteiger partial charge in [-0.3, -0.25) is 4.79 Å². The molecule has 2 bridgehead atoms. The van der Waals surface area contributed by atoms with Crippen molar-refractivity contribution >= 4 is 11.9 Å². The molecule has 5 nitrogen and oxygen atoms in total. The molecule has 26 heavy (non-hydrogen) atoms. The number of hydrogen-bond donors (Lipinski definition) is 2. The van der Waals surface area contributed by atoms with Gasteiger partial charge in [0.05, 0.1) is 13.1 Å². The minimum Gasteiger partial charge on any atom is -0.353 e. The summed E-state index contributed by atoms with van der Waals surface area (Å²) in [6.07, 6.45) is 4.84. The number of carbonyl (C=O) groups excluding carboxylic acids is 1. The first kappa shape index (κ1) is 18.6. The summed E-state index contributed by atoms with van der Waals surface area (Å²) >= 11 is 0. The molecule has 0 aliphatic heterocycles. The Labute approximate surface area is 152 Å². The maximum atomic E-state index is 13.8. The molecule has 2 saturated carbocycles. The summed E-state index contributed by atoms with van der Waals surface area (Å²) in [7, 11) is 3.37. The smallest absolute Gasteiger partial charge is 0.241 e. The summed E-state index contributed by atoms with van der Waals surface area (Å²) in [5, 5.41) is 6.42. The Bertz CT molecular complexity index is 692. The van der Waals surface area contributed by atoms with Gasteiger partial charge in [0.1, 0.15) is 11.6 Å². The van der Waals surface area contributed by atoms with Crippen molar-refractivity contribution in [1.29, 1.82) is 0 Å². The Morgan fingerprint density at radius 1 is 1.27 bits per heavy atom. The predicted molar refractivity (Wildman–Crippen MR) is 96.6 cm³/mol. The lowest BCUT2D eigenvalue weighted by molar-refractivity contribution is -0.127. The fourth-order valence-corrected chi connectivity index (χ4v) is 3.90. The third-order valence-corrected chi connectivity index (χ3v) is 5.38. The highest BCUT2D eigenvalue weighted by atomic mass is 19.1. The molecule has 0 spiro atoms. The van der Waals surface area contributed by atoms with Gasteiger partial charge in [0.15, 0.2) is 5.96 Å². The number of fused-ring (bicyclic) bond motifs is 2. The highest BCUT2D eigenvalue weighted by molar-refractivity contribution is 5.86. The first-order valence-electron chi connectivity index (χ1n) is 9.11. The Balaban J connectivity index is 1.68. The summed E-state index contributed by atoms with van der Waals surface area (Å²) in [5.74, 6) is 0.810. The zero-order valence-electron chi connectivity index (χ0n) is 15.3. The molecule has 0 heterocycles. The van der Waals surface area contributed by atoms with Crippen LogP contribution >= 0.6 is 0 Å². The number of nitrogens with one attached hydrogen (secondary N) is 2. The SMILES string of the molecule is CN(C)C(=O)CNC(=NCc1cc(F)ccc1F)NC1CC2CCC1C2. The Morgan fingerprint density at radius 3 is 2.73 bits per heavy atom. The van der Waals surface area contributed by atoms with Crippen molar-refractivity contribution in [2.45, 2.75) is 38.3 Å². The van der Waals surface area contributed by atoms with Crippen LogP contribution in [0.15, 0.2) is 23.2 Å². The highest BCUT2D eigenvalue weighted by Crippen LogP contribution is 2.44. The topological polar surface area (TPSA) is 56.7 Å². The molecule has 2 fully saturated rings. The van der Waals surface area contributed by atoms with Gasteiger partial charge in [0.2, 0.25) is 5.91 Å². The third-order valence-electron chi connectivity index (χ3n) is 5.38. The summed E-state index contributed by atoms with van der Waals surface area (Å²) in [4.78, 5) is 17.7.